The molecule has 0 spiro atoms. The quantitative estimate of drug-likeness (QED) is 0.713. The number of ketones is 2. The van der Waals surface area contributed by atoms with E-state index in [0.29, 0.717) is 37.2 Å². The molecule has 2 unspecified atom stereocenters. The fourth-order valence-corrected chi connectivity index (χ4v) is 4.30. The van der Waals surface area contributed by atoms with Gasteiger partial charge in [0.2, 0.25) is 0 Å². The summed E-state index contributed by atoms with van der Waals surface area (Å²) in [4.78, 5) is 24.5. The van der Waals surface area contributed by atoms with E-state index in [2.05, 4.69) is 27.0 Å². The number of hydrogen-bond donors (Lipinski definition) is 0. The molecule has 2 heteroatoms. The Hall–Kier alpha value is -1.18. The van der Waals surface area contributed by atoms with E-state index in [0.717, 1.165) is 0 Å². The van der Waals surface area contributed by atoms with Crippen LogP contribution in [0.15, 0.2) is 25.3 Å². The van der Waals surface area contributed by atoms with Crippen LogP contribution in [-0.2, 0) is 9.59 Å². The number of rotatable bonds is 4. The van der Waals surface area contributed by atoms with Crippen molar-refractivity contribution in [3.8, 4) is 0 Å². The van der Waals surface area contributed by atoms with E-state index in [1.807, 2.05) is 12.2 Å². The molecule has 2 rings (SSSR count). The minimum atomic E-state index is -0.219. The zero-order valence-corrected chi connectivity index (χ0v) is 11.4. The fraction of sp³-hybridized carbons (Fsp3) is 0.625. The summed E-state index contributed by atoms with van der Waals surface area (Å²) in [5.41, 5.74) is -0.383. The van der Waals surface area contributed by atoms with Crippen LogP contribution in [0.5, 0.6) is 0 Å². The minimum absolute atomic E-state index is 0.0450. The van der Waals surface area contributed by atoms with Gasteiger partial charge in [0.25, 0.3) is 0 Å². The van der Waals surface area contributed by atoms with Crippen LogP contribution >= 0.6 is 0 Å². The van der Waals surface area contributed by atoms with Crippen molar-refractivity contribution in [2.45, 2.75) is 39.5 Å². The molecule has 2 aliphatic carbocycles. The van der Waals surface area contributed by atoms with Crippen molar-refractivity contribution in [3.05, 3.63) is 25.3 Å². The lowest BCUT2D eigenvalue weighted by Crippen LogP contribution is -2.38. The molecule has 0 aliphatic heterocycles. The fourth-order valence-electron chi connectivity index (χ4n) is 4.30. The van der Waals surface area contributed by atoms with Gasteiger partial charge in [0, 0.05) is 24.7 Å². The van der Waals surface area contributed by atoms with Gasteiger partial charge in [-0.2, -0.15) is 0 Å². The molecule has 2 nitrogen and oxygen atoms in total. The molecular weight excluding hydrogens is 224 g/mol. The summed E-state index contributed by atoms with van der Waals surface area (Å²) in [5, 5.41) is 0. The van der Waals surface area contributed by atoms with E-state index >= 15 is 0 Å². The molecule has 18 heavy (non-hydrogen) atoms. The Kier molecular flexibility index (Phi) is 3.08. The summed E-state index contributed by atoms with van der Waals surface area (Å²) in [6.07, 6.45) is 6.08. The van der Waals surface area contributed by atoms with Crippen molar-refractivity contribution >= 4 is 11.6 Å². The first-order valence-electron chi connectivity index (χ1n) is 6.68. The van der Waals surface area contributed by atoms with Gasteiger partial charge in [-0.1, -0.05) is 26.0 Å². The third-order valence-corrected chi connectivity index (χ3v) is 5.46. The third-order valence-electron chi connectivity index (χ3n) is 5.46. The normalized spacial score (nSPS) is 43.0. The van der Waals surface area contributed by atoms with Crippen LogP contribution in [0.25, 0.3) is 0 Å². The SMILES string of the molecule is C=CCC1C(=O)CC2(C)CC(=O)C(CC=C)C12C. The van der Waals surface area contributed by atoms with Crippen molar-refractivity contribution in [2.24, 2.45) is 22.7 Å². The van der Waals surface area contributed by atoms with Crippen LogP contribution in [-0.4, -0.2) is 11.6 Å². The van der Waals surface area contributed by atoms with Crippen LogP contribution in [0, 0.1) is 22.7 Å². The summed E-state index contributed by atoms with van der Waals surface area (Å²) in [6.45, 7) is 11.8. The van der Waals surface area contributed by atoms with E-state index < -0.39 is 0 Å². The molecule has 0 aromatic rings. The van der Waals surface area contributed by atoms with Gasteiger partial charge in [-0.05, 0) is 23.7 Å². The molecular formula is C16H22O2. The van der Waals surface area contributed by atoms with Crippen molar-refractivity contribution in [3.63, 3.8) is 0 Å². The van der Waals surface area contributed by atoms with E-state index in [-0.39, 0.29) is 22.7 Å². The maximum atomic E-state index is 12.3. The molecule has 2 aliphatic rings. The van der Waals surface area contributed by atoms with Gasteiger partial charge in [0.15, 0.2) is 0 Å². The highest BCUT2D eigenvalue weighted by molar-refractivity contribution is 5.94. The highest BCUT2D eigenvalue weighted by Gasteiger charge is 2.67. The Morgan fingerprint density at radius 2 is 1.44 bits per heavy atom. The molecule has 0 radical (unpaired) electrons. The molecule has 0 bridgehead atoms. The number of carbonyl (C=O) groups excluding carboxylic acids is 2. The van der Waals surface area contributed by atoms with Crippen molar-refractivity contribution in [2.75, 3.05) is 0 Å². The number of allylic oxidation sites excluding steroid dienone is 2. The first-order chi connectivity index (χ1) is 8.40. The average molecular weight is 246 g/mol. The van der Waals surface area contributed by atoms with Crippen LogP contribution < -0.4 is 0 Å². The van der Waals surface area contributed by atoms with Gasteiger partial charge in [-0.15, -0.1) is 13.2 Å². The van der Waals surface area contributed by atoms with E-state index in [9.17, 15) is 9.59 Å². The summed E-state index contributed by atoms with van der Waals surface area (Å²) >= 11 is 0. The highest BCUT2D eigenvalue weighted by Crippen LogP contribution is 2.66. The molecule has 2 fully saturated rings. The first kappa shape index (κ1) is 13.3. The molecule has 2 saturated carbocycles. The van der Waals surface area contributed by atoms with Crippen molar-refractivity contribution in [1.82, 2.24) is 0 Å². The van der Waals surface area contributed by atoms with Gasteiger partial charge in [0.1, 0.15) is 11.6 Å². The molecule has 0 amide bonds. The monoisotopic (exact) mass is 246 g/mol. The lowest BCUT2D eigenvalue weighted by atomic mass is 9.61. The Morgan fingerprint density at radius 3 is 1.78 bits per heavy atom. The van der Waals surface area contributed by atoms with Crippen LogP contribution in [0.2, 0.25) is 0 Å². The standard InChI is InChI=1S/C16H22O2/c1-5-7-11-13(17)9-15(3)10-14(18)12(8-6-2)16(11,15)4/h5-6,11-12H,1-2,7-10H2,3-4H3. The summed E-state index contributed by atoms with van der Waals surface area (Å²) < 4.78 is 0. The topological polar surface area (TPSA) is 34.1 Å². The molecule has 0 aromatic heterocycles. The van der Waals surface area contributed by atoms with Crippen LogP contribution in [0.1, 0.15) is 39.5 Å². The number of fused-ring (bicyclic) bond motifs is 1. The zero-order chi connectivity index (χ0) is 13.6. The second-order valence-corrected chi connectivity index (χ2v) is 6.28. The molecule has 2 atom stereocenters. The molecule has 0 N–H and O–H groups in total. The highest BCUT2D eigenvalue weighted by atomic mass is 16.1. The van der Waals surface area contributed by atoms with Crippen molar-refractivity contribution < 1.29 is 9.59 Å². The maximum Gasteiger partial charge on any atom is 0.137 e. The summed E-state index contributed by atoms with van der Waals surface area (Å²) in [7, 11) is 0. The Morgan fingerprint density at radius 1 is 1.06 bits per heavy atom. The summed E-state index contributed by atoms with van der Waals surface area (Å²) in [6, 6.07) is 0. The minimum Gasteiger partial charge on any atom is -0.299 e. The van der Waals surface area contributed by atoms with Gasteiger partial charge < -0.3 is 0 Å². The third kappa shape index (κ3) is 1.47. The maximum absolute atomic E-state index is 12.3. The Bertz CT molecular complexity index is 387. The van der Waals surface area contributed by atoms with Gasteiger partial charge >= 0.3 is 0 Å². The predicted octanol–water partition coefficient (Wildman–Crippen LogP) is 3.33. The Labute approximate surface area is 109 Å². The van der Waals surface area contributed by atoms with E-state index in [4.69, 9.17) is 0 Å². The zero-order valence-electron chi connectivity index (χ0n) is 11.4. The van der Waals surface area contributed by atoms with Crippen molar-refractivity contribution in [1.29, 1.82) is 0 Å². The number of hydrogen-bond acceptors (Lipinski definition) is 2. The lowest BCUT2D eigenvalue weighted by Gasteiger charge is -2.40. The molecule has 0 saturated heterocycles. The van der Waals surface area contributed by atoms with Crippen LogP contribution in [0.3, 0.4) is 0 Å². The second kappa shape index (κ2) is 4.18. The summed E-state index contributed by atoms with van der Waals surface area (Å²) in [5.74, 6) is 0.524. The smallest absolute Gasteiger partial charge is 0.137 e. The Balaban J connectivity index is 2.47. The predicted molar refractivity (Wildman–Crippen MR) is 72.1 cm³/mol. The number of Topliss-reactive ketones (excluding diaryl/α,β-unsaturated/α-hetero) is 2. The molecule has 98 valence electrons. The van der Waals surface area contributed by atoms with Gasteiger partial charge in [0.05, 0.1) is 0 Å². The largest absolute Gasteiger partial charge is 0.299 e. The average Bonchev–Trinajstić information content (AvgIpc) is 2.58. The molecule has 0 heterocycles. The van der Waals surface area contributed by atoms with E-state index in [1.165, 1.54) is 0 Å². The number of carbonyl (C=O) groups is 2. The van der Waals surface area contributed by atoms with Gasteiger partial charge in [-0.3, -0.25) is 9.59 Å². The molecule has 0 aromatic carbocycles. The first-order valence-corrected chi connectivity index (χ1v) is 6.68. The van der Waals surface area contributed by atoms with E-state index in [1.54, 1.807) is 0 Å². The lowest BCUT2D eigenvalue weighted by molar-refractivity contribution is -0.126. The van der Waals surface area contributed by atoms with Crippen LogP contribution in [0.4, 0.5) is 0 Å². The second-order valence-electron chi connectivity index (χ2n) is 6.28. The van der Waals surface area contributed by atoms with Gasteiger partial charge in [-0.25, -0.2) is 0 Å².